The fourth-order valence-corrected chi connectivity index (χ4v) is 0.726. The number of nitrogens with zero attached hydrogens (tertiary/aromatic N) is 1. The number of hydrogen-bond acceptors (Lipinski definition) is 2. The van der Waals surface area contributed by atoms with E-state index in [1.54, 1.807) is 0 Å². The van der Waals surface area contributed by atoms with Crippen LogP contribution < -0.4 is 10.6 Å². The summed E-state index contributed by atoms with van der Waals surface area (Å²) in [6.45, 7) is 0. The standard InChI is InChI=1S/C8H11N.CH3NO/c1-9(2)8-6-4-3-5-7-8;2-1-3/h3-7H,1-2H3;1H,(H2,2,3). The van der Waals surface area contributed by atoms with Gasteiger partial charge in [-0.2, -0.15) is 0 Å². The normalized spacial score (nSPS) is 7.83. The van der Waals surface area contributed by atoms with Gasteiger partial charge in [0, 0.05) is 19.8 Å². The Hall–Kier alpha value is -1.51. The van der Waals surface area contributed by atoms with E-state index in [4.69, 9.17) is 4.79 Å². The third-order valence-electron chi connectivity index (χ3n) is 1.27. The van der Waals surface area contributed by atoms with E-state index in [2.05, 4.69) is 22.8 Å². The molecule has 0 heterocycles. The lowest BCUT2D eigenvalue weighted by Gasteiger charge is -2.10. The lowest BCUT2D eigenvalue weighted by Crippen LogP contribution is -2.07. The SMILES string of the molecule is CN(C)c1ccccc1.NC=O. The van der Waals surface area contributed by atoms with Crippen LogP contribution in [-0.4, -0.2) is 20.5 Å². The van der Waals surface area contributed by atoms with Crippen molar-refractivity contribution in [2.24, 2.45) is 5.73 Å². The Morgan fingerprint density at radius 1 is 1.25 bits per heavy atom. The second-order valence-electron chi connectivity index (χ2n) is 2.37. The maximum absolute atomic E-state index is 8.58. The van der Waals surface area contributed by atoms with E-state index in [1.165, 1.54) is 5.69 Å². The van der Waals surface area contributed by atoms with Gasteiger partial charge in [-0.3, -0.25) is 4.79 Å². The monoisotopic (exact) mass is 166 g/mol. The van der Waals surface area contributed by atoms with Crippen molar-refractivity contribution in [1.82, 2.24) is 0 Å². The first-order valence-electron chi connectivity index (χ1n) is 3.60. The second kappa shape index (κ2) is 6.22. The van der Waals surface area contributed by atoms with Gasteiger partial charge in [-0.15, -0.1) is 0 Å². The van der Waals surface area contributed by atoms with Gasteiger partial charge in [-0.25, -0.2) is 0 Å². The molecule has 1 aromatic carbocycles. The number of carbonyl (C=O) groups is 1. The Bertz CT molecular complexity index is 209. The number of amides is 1. The zero-order valence-electron chi connectivity index (χ0n) is 7.40. The molecule has 2 N–H and O–H groups in total. The number of nitrogens with two attached hydrogens (primary N) is 1. The van der Waals surface area contributed by atoms with Gasteiger partial charge >= 0.3 is 0 Å². The molecule has 1 amide bonds. The van der Waals surface area contributed by atoms with Crippen LogP contribution in [0.4, 0.5) is 5.69 Å². The number of carbonyl (C=O) groups excluding carboxylic acids is 1. The fourth-order valence-electron chi connectivity index (χ4n) is 0.726. The van der Waals surface area contributed by atoms with Crippen LogP contribution in [0.15, 0.2) is 30.3 Å². The van der Waals surface area contributed by atoms with Gasteiger partial charge in [0.1, 0.15) is 0 Å². The molecule has 66 valence electrons. The Labute approximate surface area is 72.8 Å². The van der Waals surface area contributed by atoms with Crippen LogP contribution >= 0.6 is 0 Å². The summed E-state index contributed by atoms with van der Waals surface area (Å²) in [7, 11) is 4.07. The average molecular weight is 166 g/mol. The van der Waals surface area contributed by atoms with Crippen molar-refractivity contribution in [2.45, 2.75) is 0 Å². The van der Waals surface area contributed by atoms with E-state index in [-0.39, 0.29) is 6.41 Å². The predicted octanol–water partition coefficient (Wildman–Crippen LogP) is 0.854. The van der Waals surface area contributed by atoms with E-state index >= 15 is 0 Å². The van der Waals surface area contributed by atoms with Crippen molar-refractivity contribution in [3.8, 4) is 0 Å². The molecule has 3 nitrogen and oxygen atoms in total. The quantitative estimate of drug-likeness (QED) is 0.629. The molecule has 12 heavy (non-hydrogen) atoms. The van der Waals surface area contributed by atoms with E-state index in [0.29, 0.717) is 0 Å². The minimum Gasteiger partial charge on any atom is -0.378 e. The summed E-state index contributed by atoms with van der Waals surface area (Å²) in [5.41, 5.74) is 5.41. The summed E-state index contributed by atoms with van der Waals surface area (Å²) in [6.07, 6.45) is 0.250. The number of para-hydroxylation sites is 1. The highest BCUT2D eigenvalue weighted by molar-refractivity contribution is 5.43. The summed E-state index contributed by atoms with van der Waals surface area (Å²) in [5.74, 6) is 0. The number of rotatable bonds is 1. The van der Waals surface area contributed by atoms with Crippen molar-refractivity contribution in [1.29, 1.82) is 0 Å². The van der Waals surface area contributed by atoms with Crippen molar-refractivity contribution in [3.63, 3.8) is 0 Å². The van der Waals surface area contributed by atoms with Crippen molar-refractivity contribution in [3.05, 3.63) is 30.3 Å². The van der Waals surface area contributed by atoms with E-state index < -0.39 is 0 Å². The molecule has 0 unspecified atom stereocenters. The maximum Gasteiger partial charge on any atom is 0.204 e. The smallest absolute Gasteiger partial charge is 0.204 e. The summed E-state index contributed by atoms with van der Waals surface area (Å²) < 4.78 is 0. The largest absolute Gasteiger partial charge is 0.378 e. The molecule has 1 rings (SSSR count). The Balaban J connectivity index is 0.000000354. The number of hydrogen-bond donors (Lipinski definition) is 1. The summed E-state index contributed by atoms with van der Waals surface area (Å²) in [4.78, 5) is 10.7. The predicted molar refractivity (Wildman–Crippen MR) is 51.0 cm³/mol. The number of primary amides is 1. The van der Waals surface area contributed by atoms with Crippen LogP contribution in [0.3, 0.4) is 0 Å². The lowest BCUT2D eigenvalue weighted by atomic mass is 10.3. The van der Waals surface area contributed by atoms with Gasteiger partial charge in [0.15, 0.2) is 0 Å². The van der Waals surface area contributed by atoms with Gasteiger partial charge in [-0.05, 0) is 12.1 Å². The third kappa shape index (κ3) is 4.33. The molecule has 0 saturated heterocycles. The molecule has 0 aliphatic rings. The Morgan fingerprint density at radius 3 is 1.92 bits per heavy atom. The molecule has 3 heteroatoms. The Morgan fingerprint density at radius 2 is 1.67 bits per heavy atom. The van der Waals surface area contributed by atoms with Crippen LogP contribution in [0.25, 0.3) is 0 Å². The van der Waals surface area contributed by atoms with Gasteiger partial charge in [-0.1, -0.05) is 18.2 Å². The molecule has 1 aromatic rings. The second-order valence-corrected chi connectivity index (χ2v) is 2.37. The van der Waals surface area contributed by atoms with Crippen LogP contribution in [0.2, 0.25) is 0 Å². The van der Waals surface area contributed by atoms with E-state index in [1.807, 2.05) is 32.3 Å². The Kier molecular flexibility index (Phi) is 5.43. The van der Waals surface area contributed by atoms with Crippen molar-refractivity contribution >= 4 is 12.1 Å². The minimum atomic E-state index is 0.250. The van der Waals surface area contributed by atoms with Gasteiger partial charge in [0.05, 0.1) is 0 Å². The zero-order chi connectivity index (χ0) is 9.40. The minimum absolute atomic E-state index is 0.250. The first-order chi connectivity index (χ1) is 5.72. The molecule has 0 radical (unpaired) electrons. The average Bonchev–Trinajstić information content (AvgIpc) is 2.07. The summed E-state index contributed by atoms with van der Waals surface area (Å²) >= 11 is 0. The van der Waals surface area contributed by atoms with Crippen molar-refractivity contribution in [2.75, 3.05) is 19.0 Å². The number of benzene rings is 1. The first-order valence-corrected chi connectivity index (χ1v) is 3.60. The molecule has 0 fully saturated rings. The molecule has 0 bridgehead atoms. The van der Waals surface area contributed by atoms with E-state index in [9.17, 15) is 0 Å². The van der Waals surface area contributed by atoms with Crippen LogP contribution in [-0.2, 0) is 4.79 Å². The number of anilines is 1. The van der Waals surface area contributed by atoms with Crippen LogP contribution in [0, 0.1) is 0 Å². The maximum atomic E-state index is 8.58. The molecular weight excluding hydrogens is 152 g/mol. The molecule has 0 spiro atoms. The third-order valence-corrected chi connectivity index (χ3v) is 1.27. The molecule has 0 atom stereocenters. The first kappa shape index (κ1) is 10.5. The lowest BCUT2D eigenvalue weighted by molar-refractivity contribution is -0.106. The zero-order valence-corrected chi connectivity index (χ0v) is 7.40. The topological polar surface area (TPSA) is 46.3 Å². The highest BCUT2D eigenvalue weighted by Crippen LogP contribution is 2.07. The van der Waals surface area contributed by atoms with Gasteiger partial charge < -0.3 is 10.6 Å². The van der Waals surface area contributed by atoms with Crippen LogP contribution in [0.1, 0.15) is 0 Å². The fraction of sp³-hybridized carbons (Fsp3) is 0.222. The molecule has 0 aliphatic carbocycles. The molecule has 0 aliphatic heterocycles. The van der Waals surface area contributed by atoms with E-state index in [0.717, 1.165) is 0 Å². The summed E-state index contributed by atoms with van der Waals surface area (Å²) in [6, 6.07) is 10.3. The van der Waals surface area contributed by atoms with Gasteiger partial charge in [0.25, 0.3) is 0 Å². The van der Waals surface area contributed by atoms with Crippen molar-refractivity contribution < 1.29 is 4.79 Å². The van der Waals surface area contributed by atoms with Gasteiger partial charge in [0.2, 0.25) is 6.41 Å². The molecular formula is C9H14N2O. The highest BCUT2D eigenvalue weighted by Gasteiger charge is 1.87. The summed E-state index contributed by atoms with van der Waals surface area (Å²) in [5, 5.41) is 0. The highest BCUT2D eigenvalue weighted by atomic mass is 16.1. The molecule has 0 saturated carbocycles. The van der Waals surface area contributed by atoms with Crippen LogP contribution in [0.5, 0.6) is 0 Å². The molecule has 0 aromatic heterocycles.